The summed E-state index contributed by atoms with van der Waals surface area (Å²) in [4.78, 5) is 33.2. The van der Waals surface area contributed by atoms with E-state index < -0.39 is 40.6 Å². The molecule has 0 saturated heterocycles. The van der Waals surface area contributed by atoms with Crippen molar-refractivity contribution in [2.75, 3.05) is 0 Å². The minimum atomic E-state index is -2.33. The number of fused-ring (bicyclic) bond motifs is 1. The molecular weight excluding hydrogens is 555 g/mol. The smallest absolute Gasteiger partial charge is 0.261 e. The van der Waals surface area contributed by atoms with Crippen molar-refractivity contribution in [1.82, 2.24) is 20.6 Å². The Morgan fingerprint density at radius 1 is 0.905 bits per heavy atom. The van der Waals surface area contributed by atoms with Crippen LogP contribution in [0.3, 0.4) is 0 Å². The lowest BCUT2D eigenvalue weighted by molar-refractivity contribution is 0.0909. The Hall–Kier alpha value is -4.02. The number of allylic oxidation sites excluding steroid dienone is 3. The van der Waals surface area contributed by atoms with Gasteiger partial charge in [0, 0.05) is 23.2 Å². The van der Waals surface area contributed by atoms with E-state index in [9.17, 15) is 31.5 Å². The van der Waals surface area contributed by atoms with Crippen LogP contribution in [-0.4, -0.2) is 27.8 Å². The fraction of sp³-hybridized carbons (Fsp3) is 0.387. The zero-order valence-corrected chi connectivity index (χ0v) is 23.6. The summed E-state index contributed by atoms with van der Waals surface area (Å²) in [6.45, 7) is 6.15. The predicted octanol–water partition coefficient (Wildman–Crippen LogP) is 7.34. The first-order chi connectivity index (χ1) is 20.1. The van der Waals surface area contributed by atoms with Crippen molar-refractivity contribution >= 4 is 22.8 Å². The van der Waals surface area contributed by atoms with Gasteiger partial charge in [-0.25, -0.2) is 26.9 Å². The molecule has 11 heteroatoms. The van der Waals surface area contributed by atoms with Gasteiger partial charge < -0.3 is 15.6 Å². The summed E-state index contributed by atoms with van der Waals surface area (Å²) in [6, 6.07) is 5.40. The number of carbonyl (C=O) groups excluding carboxylic acids is 2. The zero-order chi connectivity index (χ0) is 30.6. The lowest BCUT2D eigenvalue weighted by Gasteiger charge is -2.29. The van der Waals surface area contributed by atoms with Gasteiger partial charge in [-0.3, -0.25) is 9.59 Å². The molecule has 2 aliphatic rings. The molecule has 2 aliphatic carbocycles. The van der Waals surface area contributed by atoms with Crippen molar-refractivity contribution in [3.63, 3.8) is 0 Å². The topological polar surface area (TPSA) is 86.9 Å². The molecule has 1 fully saturated rings. The monoisotopic (exact) mass is 588 g/mol. The predicted molar refractivity (Wildman–Crippen MR) is 149 cm³/mol. The summed E-state index contributed by atoms with van der Waals surface area (Å²) in [7, 11) is 0. The molecule has 3 atom stereocenters. The highest BCUT2D eigenvalue weighted by Gasteiger charge is 2.30. The fourth-order valence-corrected chi connectivity index (χ4v) is 5.25. The molecule has 3 N–H and O–H groups in total. The van der Waals surface area contributed by atoms with E-state index in [1.807, 2.05) is 13.8 Å². The molecule has 224 valence electrons. The summed E-state index contributed by atoms with van der Waals surface area (Å²) in [6.07, 6.45) is 10.1. The highest BCUT2D eigenvalue weighted by atomic mass is 19.2. The van der Waals surface area contributed by atoms with Crippen LogP contribution in [0.15, 0.2) is 42.1 Å². The second-order valence-electron chi connectivity index (χ2n) is 10.3. The summed E-state index contributed by atoms with van der Waals surface area (Å²) >= 11 is 0. The van der Waals surface area contributed by atoms with Gasteiger partial charge in [-0.1, -0.05) is 45.8 Å². The van der Waals surface area contributed by atoms with Crippen molar-refractivity contribution in [1.29, 1.82) is 0 Å². The van der Waals surface area contributed by atoms with Crippen molar-refractivity contribution in [3.05, 3.63) is 88.2 Å². The van der Waals surface area contributed by atoms with Crippen LogP contribution in [-0.2, 0) is 0 Å². The lowest BCUT2D eigenvalue weighted by atomic mass is 9.86. The largest absolute Gasteiger partial charge is 0.349 e. The molecule has 2 aromatic carbocycles. The number of amides is 2. The maximum atomic E-state index is 14.0. The second kappa shape index (κ2) is 13.3. The van der Waals surface area contributed by atoms with Crippen LogP contribution in [0.2, 0.25) is 0 Å². The molecule has 5 rings (SSSR count). The van der Waals surface area contributed by atoms with Crippen LogP contribution in [0.5, 0.6) is 0 Å². The number of nitrogens with one attached hydrogen (secondary N) is 3. The molecule has 3 unspecified atom stereocenters. The Labute approximate surface area is 240 Å². The number of rotatable bonds is 5. The van der Waals surface area contributed by atoms with Crippen molar-refractivity contribution in [3.8, 4) is 0 Å². The number of aromatic amines is 1. The third-order valence-electron chi connectivity index (χ3n) is 7.59. The van der Waals surface area contributed by atoms with Gasteiger partial charge in [0.1, 0.15) is 11.4 Å². The van der Waals surface area contributed by atoms with Crippen LogP contribution in [0.1, 0.15) is 91.8 Å². The molecule has 1 saturated carbocycles. The fourth-order valence-electron chi connectivity index (χ4n) is 5.25. The quantitative estimate of drug-likeness (QED) is 0.166. The first kappa shape index (κ1) is 30.9. The number of carbonyl (C=O) groups is 2. The molecule has 6 nitrogen and oxygen atoms in total. The van der Waals surface area contributed by atoms with Gasteiger partial charge in [0.15, 0.2) is 23.3 Å². The van der Waals surface area contributed by atoms with E-state index in [1.54, 1.807) is 30.4 Å². The van der Waals surface area contributed by atoms with Crippen molar-refractivity contribution in [2.24, 2.45) is 5.92 Å². The van der Waals surface area contributed by atoms with Crippen molar-refractivity contribution < 1.29 is 31.5 Å². The number of imidazole rings is 1. The zero-order valence-electron chi connectivity index (χ0n) is 23.6. The van der Waals surface area contributed by atoms with Crippen molar-refractivity contribution in [2.45, 2.75) is 71.3 Å². The molecule has 0 aliphatic heterocycles. The van der Waals surface area contributed by atoms with E-state index in [2.05, 4.69) is 27.5 Å². The maximum Gasteiger partial charge on any atom is 0.261 e. The molecule has 0 bridgehead atoms. The number of H-pyrrole nitrogens is 1. The van der Waals surface area contributed by atoms with Crippen LogP contribution >= 0.6 is 0 Å². The molecule has 1 heterocycles. The van der Waals surface area contributed by atoms with E-state index >= 15 is 0 Å². The molecule has 3 aromatic rings. The molecule has 42 heavy (non-hydrogen) atoms. The van der Waals surface area contributed by atoms with Gasteiger partial charge in [-0.15, -0.1) is 0 Å². The van der Waals surface area contributed by atoms with Gasteiger partial charge in [-0.2, -0.15) is 0 Å². The van der Waals surface area contributed by atoms with Gasteiger partial charge in [0.2, 0.25) is 5.82 Å². The Bertz CT molecular complexity index is 1520. The molecule has 2 amide bonds. The van der Waals surface area contributed by atoms with E-state index in [0.29, 0.717) is 41.2 Å². The number of hydrogen-bond donors (Lipinski definition) is 3. The van der Waals surface area contributed by atoms with Gasteiger partial charge >= 0.3 is 0 Å². The Morgan fingerprint density at radius 2 is 1.57 bits per heavy atom. The van der Waals surface area contributed by atoms with Crippen LogP contribution in [0, 0.1) is 35.0 Å². The van der Waals surface area contributed by atoms with E-state index in [4.69, 9.17) is 0 Å². The van der Waals surface area contributed by atoms with Gasteiger partial charge in [0.25, 0.3) is 11.8 Å². The molecule has 1 aromatic heterocycles. The molecular formula is C31H33F5N4O2. The van der Waals surface area contributed by atoms with Gasteiger partial charge in [-0.05, 0) is 55.9 Å². The average molecular weight is 589 g/mol. The molecule has 0 radical (unpaired) electrons. The summed E-state index contributed by atoms with van der Waals surface area (Å²) < 4.78 is 68.4. The number of aromatic nitrogens is 2. The third kappa shape index (κ3) is 6.39. The highest BCUT2D eigenvalue weighted by Crippen LogP contribution is 2.28. The maximum absolute atomic E-state index is 14.0. The summed E-state index contributed by atoms with van der Waals surface area (Å²) in [5.41, 5.74) is 0.467. The summed E-state index contributed by atoms with van der Waals surface area (Å²) in [5, 5.41) is 5.35. The molecule has 0 spiro atoms. The Morgan fingerprint density at radius 3 is 2.26 bits per heavy atom. The third-order valence-corrected chi connectivity index (χ3v) is 7.59. The Balaban J connectivity index is 0.00000198. The van der Waals surface area contributed by atoms with E-state index in [1.165, 1.54) is 12.5 Å². The standard InChI is InChI=1S/C29H27F5N4O2.C2H6/c1-14-5-2-3-8-18(14)38-28(39)16-10-12-19-20(13-16)37-27(36-19)15-6-4-7-17(11-9-15)35-29(40)21-22(30)24(32)26(34)25(33)23(21)31;1-2/h7,9-15,18H,2-6,8H2,1H3,(H,35,40)(H,36,37)(H,38,39);1-2H3. The summed E-state index contributed by atoms with van der Waals surface area (Å²) in [5.74, 6) is -11.9. The van der Waals surface area contributed by atoms with Gasteiger partial charge in [0.05, 0.1) is 11.0 Å². The van der Waals surface area contributed by atoms with Crippen LogP contribution in [0.4, 0.5) is 22.0 Å². The number of nitrogens with zero attached hydrogens (tertiary/aromatic N) is 1. The average Bonchev–Trinajstić information content (AvgIpc) is 3.28. The number of benzene rings is 2. The minimum Gasteiger partial charge on any atom is -0.349 e. The Kier molecular flexibility index (Phi) is 9.80. The second-order valence-corrected chi connectivity index (χ2v) is 10.3. The first-order valence-electron chi connectivity index (χ1n) is 14.2. The number of halogens is 5. The highest BCUT2D eigenvalue weighted by molar-refractivity contribution is 5.97. The van der Waals surface area contributed by atoms with Crippen LogP contribution in [0.25, 0.3) is 11.0 Å². The lowest BCUT2D eigenvalue weighted by Crippen LogP contribution is -2.41. The SMILES string of the molecule is CC.CC1CCCCC1NC(=O)c1ccc2nc(C3C=CC(NC(=O)c4c(F)c(F)c(F)c(F)c4F)=CCC3)[nH]c2c1. The minimum absolute atomic E-state index is 0.135. The number of hydrogen-bond acceptors (Lipinski definition) is 3. The van der Waals surface area contributed by atoms with E-state index in [-0.39, 0.29) is 23.6 Å². The first-order valence-corrected chi connectivity index (χ1v) is 14.2. The normalized spacial score (nSPS) is 20.3. The van der Waals surface area contributed by atoms with E-state index in [0.717, 1.165) is 19.3 Å². The van der Waals surface area contributed by atoms with Crippen LogP contribution < -0.4 is 10.6 Å².